The van der Waals surface area contributed by atoms with Gasteiger partial charge in [-0.05, 0) is 38.0 Å². The van der Waals surface area contributed by atoms with Crippen LogP contribution in [0.25, 0.3) is 0 Å². The van der Waals surface area contributed by atoms with Gasteiger partial charge >= 0.3 is 0 Å². The van der Waals surface area contributed by atoms with Gasteiger partial charge in [-0.3, -0.25) is 14.6 Å². The molecular formula is C14H19N3O2. The number of aromatic nitrogens is 1. The fourth-order valence-corrected chi connectivity index (χ4v) is 2.27. The zero-order valence-electron chi connectivity index (χ0n) is 11.3. The maximum atomic E-state index is 12.3. The van der Waals surface area contributed by atoms with E-state index in [0.717, 1.165) is 5.56 Å². The SMILES string of the molecule is CC1(C)C(=O)NCCN1C(=O)CCc1ccncc1. The number of amides is 2. The zero-order chi connectivity index (χ0) is 13.9. The van der Waals surface area contributed by atoms with Crippen LogP contribution in [0, 0.1) is 0 Å². The molecule has 0 saturated carbocycles. The molecule has 1 N–H and O–H groups in total. The highest BCUT2D eigenvalue weighted by Gasteiger charge is 2.39. The van der Waals surface area contributed by atoms with Gasteiger partial charge in [0.15, 0.2) is 0 Å². The second-order valence-corrected chi connectivity index (χ2v) is 5.22. The minimum atomic E-state index is -0.756. The molecule has 0 unspecified atom stereocenters. The van der Waals surface area contributed by atoms with Crippen LogP contribution in [-0.2, 0) is 16.0 Å². The van der Waals surface area contributed by atoms with Crippen LogP contribution in [0.3, 0.4) is 0 Å². The van der Waals surface area contributed by atoms with Crippen molar-refractivity contribution in [3.63, 3.8) is 0 Å². The highest BCUT2D eigenvalue weighted by Crippen LogP contribution is 2.19. The molecule has 19 heavy (non-hydrogen) atoms. The summed E-state index contributed by atoms with van der Waals surface area (Å²) in [6, 6.07) is 3.81. The first-order valence-electron chi connectivity index (χ1n) is 6.49. The molecule has 102 valence electrons. The normalized spacial score (nSPS) is 18.0. The van der Waals surface area contributed by atoms with E-state index in [9.17, 15) is 9.59 Å². The van der Waals surface area contributed by atoms with Crippen molar-refractivity contribution in [3.05, 3.63) is 30.1 Å². The molecule has 1 aliphatic rings. The molecule has 0 bridgehead atoms. The number of pyridine rings is 1. The van der Waals surface area contributed by atoms with E-state index in [0.29, 0.717) is 25.9 Å². The lowest BCUT2D eigenvalue weighted by atomic mass is 9.98. The van der Waals surface area contributed by atoms with Gasteiger partial charge in [0.25, 0.3) is 0 Å². The summed E-state index contributed by atoms with van der Waals surface area (Å²) in [6.45, 7) is 4.68. The molecule has 0 radical (unpaired) electrons. The molecule has 0 atom stereocenters. The fourth-order valence-electron chi connectivity index (χ4n) is 2.27. The van der Waals surface area contributed by atoms with Gasteiger partial charge in [-0.15, -0.1) is 0 Å². The quantitative estimate of drug-likeness (QED) is 0.873. The predicted octanol–water partition coefficient (Wildman–Crippen LogP) is 0.751. The molecule has 2 heterocycles. The average Bonchev–Trinajstić information content (AvgIpc) is 2.40. The maximum Gasteiger partial charge on any atom is 0.245 e. The number of rotatable bonds is 3. The summed E-state index contributed by atoms with van der Waals surface area (Å²) in [5, 5.41) is 2.79. The molecule has 1 aliphatic heterocycles. The van der Waals surface area contributed by atoms with E-state index >= 15 is 0 Å². The Kier molecular flexibility index (Phi) is 3.83. The molecular weight excluding hydrogens is 242 g/mol. The molecule has 5 nitrogen and oxygen atoms in total. The summed E-state index contributed by atoms with van der Waals surface area (Å²) in [6.07, 6.45) is 4.53. The summed E-state index contributed by atoms with van der Waals surface area (Å²) in [5.41, 5.74) is 0.329. The fraction of sp³-hybridized carbons (Fsp3) is 0.500. The van der Waals surface area contributed by atoms with E-state index in [2.05, 4.69) is 10.3 Å². The number of carbonyl (C=O) groups is 2. The maximum absolute atomic E-state index is 12.3. The van der Waals surface area contributed by atoms with Crippen LogP contribution in [0.5, 0.6) is 0 Å². The lowest BCUT2D eigenvalue weighted by molar-refractivity contribution is -0.149. The van der Waals surface area contributed by atoms with Crippen molar-refractivity contribution < 1.29 is 9.59 Å². The van der Waals surface area contributed by atoms with E-state index in [1.165, 1.54) is 0 Å². The molecule has 0 aromatic carbocycles. The largest absolute Gasteiger partial charge is 0.352 e. The van der Waals surface area contributed by atoms with Crippen LogP contribution in [0.15, 0.2) is 24.5 Å². The van der Waals surface area contributed by atoms with Gasteiger partial charge in [-0.2, -0.15) is 0 Å². The van der Waals surface area contributed by atoms with Crippen molar-refractivity contribution >= 4 is 11.8 Å². The third-order valence-corrected chi connectivity index (χ3v) is 3.53. The summed E-state index contributed by atoms with van der Waals surface area (Å²) < 4.78 is 0. The molecule has 2 rings (SSSR count). The summed E-state index contributed by atoms with van der Waals surface area (Å²) in [5.74, 6) is -0.0623. The minimum absolute atomic E-state index is 0.0247. The molecule has 0 aliphatic carbocycles. The van der Waals surface area contributed by atoms with E-state index in [1.54, 1.807) is 31.1 Å². The highest BCUT2D eigenvalue weighted by atomic mass is 16.2. The van der Waals surface area contributed by atoms with Crippen LogP contribution < -0.4 is 5.32 Å². The van der Waals surface area contributed by atoms with Gasteiger partial charge in [0.05, 0.1) is 0 Å². The first kappa shape index (κ1) is 13.5. The Morgan fingerprint density at radius 2 is 2.11 bits per heavy atom. The number of nitrogens with one attached hydrogen (secondary N) is 1. The van der Waals surface area contributed by atoms with E-state index in [4.69, 9.17) is 0 Å². The Balaban J connectivity index is 1.98. The molecule has 5 heteroatoms. The smallest absolute Gasteiger partial charge is 0.245 e. The first-order valence-corrected chi connectivity index (χ1v) is 6.49. The Hall–Kier alpha value is -1.91. The Morgan fingerprint density at radius 1 is 1.42 bits per heavy atom. The third kappa shape index (κ3) is 2.92. The second kappa shape index (κ2) is 5.38. The monoisotopic (exact) mass is 261 g/mol. The van der Waals surface area contributed by atoms with Gasteiger partial charge in [0.2, 0.25) is 11.8 Å². The van der Waals surface area contributed by atoms with Gasteiger partial charge < -0.3 is 10.2 Å². The van der Waals surface area contributed by atoms with E-state index < -0.39 is 5.54 Å². The number of nitrogens with zero attached hydrogens (tertiary/aromatic N) is 2. The average molecular weight is 261 g/mol. The Bertz CT molecular complexity index is 471. The zero-order valence-corrected chi connectivity index (χ0v) is 11.3. The molecule has 1 saturated heterocycles. The van der Waals surface area contributed by atoms with Crippen LogP contribution in [-0.4, -0.2) is 40.3 Å². The van der Waals surface area contributed by atoms with Crippen LogP contribution in [0.2, 0.25) is 0 Å². The summed E-state index contributed by atoms with van der Waals surface area (Å²) in [7, 11) is 0. The minimum Gasteiger partial charge on any atom is -0.352 e. The molecule has 1 fully saturated rings. The molecule has 0 spiro atoms. The predicted molar refractivity (Wildman–Crippen MR) is 71.4 cm³/mol. The van der Waals surface area contributed by atoms with Crippen molar-refractivity contribution in [2.24, 2.45) is 0 Å². The summed E-state index contributed by atoms with van der Waals surface area (Å²) in [4.78, 5) is 29.7. The lowest BCUT2D eigenvalue weighted by Gasteiger charge is -2.41. The van der Waals surface area contributed by atoms with Crippen molar-refractivity contribution in [2.75, 3.05) is 13.1 Å². The Labute approximate surface area is 113 Å². The van der Waals surface area contributed by atoms with Crippen molar-refractivity contribution in [2.45, 2.75) is 32.2 Å². The standard InChI is InChI=1S/C14H19N3O2/c1-14(2)13(19)16-9-10-17(14)12(18)4-3-11-5-7-15-8-6-11/h5-8H,3-4,9-10H2,1-2H3,(H,16,19). The second-order valence-electron chi connectivity index (χ2n) is 5.22. The van der Waals surface area contributed by atoms with Gasteiger partial charge in [0.1, 0.15) is 5.54 Å². The van der Waals surface area contributed by atoms with Crippen LogP contribution in [0.1, 0.15) is 25.8 Å². The number of piperazine rings is 1. The number of aryl methyl sites for hydroxylation is 1. The van der Waals surface area contributed by atoms with Crippen molar-refractivity contribution in [3.8, 4) is 0 Å². The molecule has 1 aromatic heterocycles. The molecule has 2 amide bonds. The third-order valence-electron chi connectivity index (χ3n) is 3.53. The van der Waals surface area contributed by atoms with E-state index in [-0.39, 0.29) is 11.8 Å². The number of hydrogen-bond donors (Lipinski definition) is 1. The topological polar surface area (TPSA) is 62.3 Å². The molecule has 1 aromatic rings. The number of carbonyl (C=O) groups excluding carboxylic acids is 2. The first-order chi connectivity index (χ1) is 9.01. The van der Waals surface area contributed by atoms with Gasteiger partial charge in [0, 0.05) is 31.9 Å². The van der Waals surface area contributed by atoms with Crippen LogP contribution in [0.4, 0.5) is 0 Å². The highest BCUT2D eigenvalue weighted by molar-refractivity contribution is 5.91. The summed E-state index contributed by atoms with van der Waals surface area (Å²) >= 11 is 0. The van der Waals surface area contributed by atoms with Crippen molar-refractivity contribution in [1.82, 2.24) is 15.2 Å². The van der Waals surface area contributed by atoms with Crippen LogP contribution >= 0.6 is 0 Å². The number of hydrogen-bond acceptors (Lipinski definition) is 3. The lowest BCUT2D eigenvalue weighted by Crippen LogP contribution is -2.63. The Morgan fingerprint density at radius 3 is 2.79 bits per heavy atom. The van der Waals surface area contributed by atoms with Crippen molar-refractivity contribution in [1.29, 1.82) is 0 Å². The van der Waals surface area contributed by atoms with E-state index in [1.807, 2.05) is 12.1 Å². The van der Waals surface area contributed by atoms with Gasteiger partial charge in [-0.1, -0.05) is 0 Å². The van der Waals surface area contributed by atoms with Gasteiger partial charge in [-0.25, -0.2) is 0 Å².